The van der Waals surface area contributed by atoms with Crippen molar-refractivity contribution in [3.8, 4) is 23.0 Å². The molecule has 0 spiro atoms. The summed E-state index contributed by atoms with van der Waals surface area (Å²) in [5.74, 6) is -0.252. The van der Waals surface area contributed by atoms with Crippen LogP contribution >= 0.6 is 0 Å². The third kappa shape index (κ3) is 16.7. The predicted octanol–water partition coefficient (Wildman–Crippen LogP) is 10.0. The van der Waals surface area contributed by atoms with Gasteiger partial charge in [0.25, 0.3) is 5.91 Å². The monoisotopic (exact) mass is 1050 g/mol. The normalized spacial score (nSPS) is 12.7. The lowest BCUT2D eigenvalue weighted by atomic mass is 9.79. The van der Waals surface area contributed by atoms with E-state index < -0.39 is 17.9 Å². The summed E-state index contributed by atoms with van der Waals surface area (Å²) >= 11 is 0. The zero-order chi connectivity index (χ0) is 56.3. The van der Waals surface area contributed by atoms with E-state index in [1.54, 1.807) is 20.8 Å². The van der Waals surface area contributed by atoms with Gasteiger partial charge in [-0.15, -0.1) is 0 Å². The van der Waals surface area contributed by atoms with E-state index in [4.69, 9.17) is 33.2 Å². The molecule has 0 aliphatic heterocycles. The lowest BCUT2D eigenvalue weighted by Crippen LogP contribution is -2.36. The van der Waals surface area contributed by atoms with Crippen molar-refractivity contribution >= 4 is 29.7 Å². The fourth-order valence-electron chi connectivity index (χ4n) is 8.99. The predicted molar refractivity (Wildman–Crippen MR) is 295 cm³/mol. The molecule has 0 radical (unpaired) electrons. The van der Waals surface area contributed by atoms with Gasteiger partial charge in [0.1, 0.15) is 23.0 Å². The fourth-order valence-corrected chi connectivity index (χ4v) is 8.99. The van der Waals surface area contributed by atoms with Crippen LogP contribution in [-0.2, 0) is 85.5 Å². The van der Waals surface area contributed by atoms with Crippen LogP contribution in [0.2, 0.25) is 0 Å². The van der Waals surface area contributed by atoms with E-state index in [1.807, 2.05) is 0 Å². The van der Waals surface area contributed by atoms with Gasteiger partial charge in [-0.1, -0.05) is 132 Å². The molecule has 4 aromatic carbocycles. The van der Waals surface area contributed by atoms with Gasteiger partial charge in [-0.3, -0.25) is 9.59 Å². The molecule has 14 nitrogen and oxygen atoms in total. The van der Waals surface area contributed by atoms with Gasteiger partial charge in [-0.2, -0.15) is 0 Å². The van der Waals surface area contributed by atoms with E-state index in [0.29, 0.717) is 23.0 Å². The highest BCUT2D eigenvalue weighted by Crippen LogP contribution is 2.44. The number of hydrogen-bond acceptors (Lipinski definition) is 12. The number of hydrogen-bond donors (Lipinski definition) is 2. The first kappa shape index (κ1) is 60.3. The van der Waals surface area contributed by atoms with Crippen molar-refractivity contribution in [2.45, 2.75) is 158 Å². The van der Waals surface area contributed by atoms with Crippen molar-refractivity contribution in [2.24, 2.45) is 0 Å². The molecular weight excluding hydrogens is 965 g/mol. The number of carbonyl (C=O) groups is 5. The van der Waals surface area contributed by atoms with Crippen LogP contribution in [0.4, 0.5) is 0 Å². The summed E-state index contributed by atoms with van der Waals surface area (Å²) < 4.78 is 43.1. The number of esters is 3. The molecule has 0 saturated heterocycles. The minimum Gasteiger partial charge on any atom is -0.483 e. The van der Waals surface area contributed by atoms with Crippen LogP contribution in [0.15, 0.2) is 48.5 Å². The molecule has 14 heteroatoms. The second-order valence-corrected chi connectivity index (χ2v) is 23.6. The SMILES string of the molecule is CCOC(=O)COc1c2cc(C(C)(C)C)cc1Cc1cc(C(C)(C)C)cc(c1OCC(=O)OCC)Cc1cc(C(C)(C)C)cc(c1OCC(=O)OCC)Cc1cc(C(C)(C)C)cc(c1OCC(=O)NCCNC(C)=O)C2. The zero-order valence-corrected chi connectivity index (χ0v) is 48.2. The molecule has 2 N–H and O–H groups in total. The molecule has 76 heavy (non-hydrogen) atoms. The number of carbonyl (C=O) groups excluding carboxylic acids is 5. The molecule has 5 rings (SSSR count). The van der Waals surface area contributed by atoms with E-state index in [0.717, 1.165) is 66.8 Å². The molecule has 0 fully saturated rings. The molecule has 2 amide bonds. The van der Waals surface area contributed by atoms with Gasteiger partial charge in [0, 0.05) is 45.7 Å². The Hall–Kier alpha value is -6.57. The number of ether oxygens (including phenoxy) is 7. The molecule has 0 saturated carbocycles. The Balaban J connectivity index is 2.00. The van der Waals surface area contributed by atoms with E-state index in [2.05, 4.69) is 142 Å². The van der Waals surface area contributed by atoms with E-state index >= 15 is 0 Å². The van der Waals surface area contributed by atoms with E-state index in [9.17, 15) is 24.0 Å². The smallest absolute Gasteiger partial charge is 0.344 e. The van der Waals surface area contributed by atoms with Gasteiger partial charge in [0.05, 0.1) is 19.8 Å². The zero-order valence-electron chi connectivity index (χ0n) is 48.2. The summed E-state index contributed by atoms with van der Waals surface area (Å²) in [5.41, 5.74) is 8.65. The van der Waals surface area contributed by atoms with Crippen molar-refractivity contribution in [3.05, 3.63) is 115 Å². The Labute approximate surface area is 451 Å². The highest BCUT2D eigenvalue weighted by molar-refractivity contribution is 5.78. The first-order valence-corrected chi connectivity index (χ1v) is 26.7. The van der Waals surface area contributed by atoms with Gasteiger partial charge >= 0.3 is 17.9 Å². The first-order valence-electron chi connectivity index (χ1n) is 26.7. The van der Waals surface area contributed by atoms with Crippen LogP contribution < -0.4 is 29.6 Å². The fraction of sp³-hybridized carbons (Fsp3) is 0.532. The quantitative estimate of drug-likeness (QED) is 0.0484. The molecule has 1 aliphatic carbocycles. The molecule has 8 bridgehead atoms. The van der Waals surface area contributed by atoms with Gasteiger partial charge < -0.3 is 43.8 Å². The summed E-state index contributed by atoms with van der Waals surface area (Å²) in [6.45, 7) is 32.0. The van der Waals surface area contributed by atoms with Gasteiger partial charge in [-0.25, -0.2) is 14.4 Å². The van der Waals surface area contributed by atoms with E-state index in [1.165, 1.54) is 6.92 Å². The number of nitrogens with one attached hydrogen (secondary N) is 2. The topological polar surface area (TPSA) is 174 Å². The second kappa shape index (κ2) is 25.5. The largest absolute Gasteiger partial charge is 0.483 e. The number of benzene rings is 4. The summed E-state index contributed by atoms with van der Waals surface area (Å²) in [6, 6.07) is 16.9. The van der Waals surface area contributed by atoms with Gasteiger partial charge in [-0.05, 0) is 109 Å². The summed E-state index contributed by atoms with van der Waals surface area (Å²) in [4.78, 5) is 65.1. The molecule has 0 heterocycles. The highest BCUT2D eigenvalue weighted by atomic mass is 16.6. The number of amides is 2. The second-order valence-electron chi connectivity index (χ2n) is 23.6. The molecular formula is C62H84N2O12. The van der Waals surface area contributed by atoms with Crippen LogP contribution in [-0.4, -0.2) is 89.1 Å². The molecule has 0 atom stereocenters. The van der Waals surface area contributed by atoms with Crippen molar-refractivity contribution in [1.82, 2.24) is 10.6 Å². The Morgan fingerprint density at radius 2 is 0.605 bits per heavy atom. The maximum Gasteiger partial charge on any atom is 0.344 e. The minimum absolute atomic E-state index is 0.174. The van der Waals surface area contributed by atoms with Crippen LogP contribution in [0.3, 0.4) is 0 Å². The Kier molecular flexibility index (Phi) is 20.2. The molecule has 1 aliphatic rings. The van der Waals surface area contributed by atoms with Crippen molar-refractivity contribution in [2.75, 3.05) is 59.3 Å². The molecule has 4 aromatic rings. The Morgan fingerprint density at radius 1 is 0.382 bits per heavy atom. The Morgan fingerprint density at radius 3 is 0.816 bits per heavy atom. The summed E-state index contributed by atoms with van der Waals surface area (Å²) in [6.07, 6.45) is 0.979. The van der Waals surface area contributed by atoms with Crippen molar-refractivity contribution in [1.29, 1.82) is 0 Å². The van der Waals surface area contributed by atoms with Crippen LogP contribution in [0, 0.1) is 0 Å². The number of fused-ring (bicyclic) bond motifs is 8. The third-order valence-electron chi connectivity index (χ3n) is 13.0. The van der Waals surface area contributed by atoms with Crippen LogP contribution in [0.5, 0.6) is 23.0 Å². The van der Waals surface area contributed by atoms with Crippen molar-refractivity contribution in [3.63, 3.8) is 0 Å². The third-order valence-corrected chi connectivity index (χ3v) is 13.0. The molecule has 0 unspecified atom stereocenters. The van der Waals surface area contributed by atoms with E-state index in [-0.39, 0.29) is 118 Å². The lowest BCUT2D eigenvalue weighted by Gasteiger charge is -2.29. The van der Waals surface area contributed by atoms with Crippen LogP contribution in [0.1, 0.15) is 178 Å². The lowest BCUT2D eigenvalue weighted by molar-refractivity contribution is -0.146. The van der Waals surface area contributed by atoms with Crippen molar-refractivity contribution < 1.29 is 57.1 Å². The minimum atomic E-state index is -0.529. The summed E-state index contributed by atoms with van der Waals surface area (Å²) in [7, 11) is 0. The summed E-state index contributed by atoms with van der Waals surface area (Å²) in [5, 5.41) is 5.58. The number of rotatable bonds is 18. The maximum atomic E-state index is 13.7. The average molecular weight is 1050 g/mol. The average Bonchev–Trinajstić information content (AvgIpc) is 3.30. The van der Waals surface area contributed by atoms with Gasteiger partial charge in [0.15, 0.2) is 26.4 Å². The standard InChI is InChI=1S/C62H84N2O12/c1-17-70-52(67)35-74-56-41-22-39-26-47(59(5,6)7)27-40(55(39)73-34-51(66)64-21-20-63-38(4)65)23-42-29-49(61(11,12)13)31-44(57(42)75-36-53(68)71-18-2)25-46-33-50(62(14,15)16)32-45(58(46)76-37-54(69)72-19-3)24-43(56)30-48(28-41)60(8,9)10/h26-33H,17-25,34-37H2,1-16H3,(H,63,65)(H,64,66). The van der Waals surface area contributed by atoms with Gasteiger partial charge in [0.2, 0.25) is 5.91 Å². The highest BCUT2D eigenvalue weighted by Gasteiger charge is 2.30. The molecule has 414 valence electrons. The maximum absolute atomic E-state index is 13.7. The van der Waals surface area contributed by atoms with Crippen LogP contribution in [0.25, 0.3) is 0 Å². The first-order chi connectivity index (χ1) is 35.5. The molecule has 0 aromatic heterocycles. The Bertz CT molecular complexity index is 2610.